The second kappa shape index (κ2) is 2.43. The summed E-state index contributed by atoms with van der Waals surface area (Å²) in [4.78, 5) is 11.8. The average Bonchev–Trinajstić information content (AvgIpc) is 1.79. The minimum atomic E-state index is -1.24. The van der Waals surface area contributed by atoms with Crippen molar-refractivity contribution in [1.82, 2.24) is 4.90 Å². The molecule has 0 aliphatic carbocycles. The van der Waals surface area contributed by atoms with E-state index < -0.39 is 6.17 Å². The van der Waals surface area contributed by atoms with Gasteiger partial charge in [-0.1, -0.05) is 0 Å². The lowest BCUT2D eigenvalue weighted by atomic mass is 9.96. The van der Waals surface area contributed by atoms with Crippen molar-refractivity contribution in [2.24, 2.45) is 5.92 Å². The second-order valence-corrected chi connectivity index (χ2v) is 2.56. The summed E-state index contributed by atoms with van der Waals surface area (Å²) in [6.45, 7) is 1.44. The summed E-state index contributed by atoms with van der Waals surface area (Å²) in [6.07, 6.45) is -0.848. The zero-order valence-corrected chi connectivity index (χ0v) is 5.38. The molecule has 0 spiro atoms. The van der Waals surface area contributed by atoms with Gasteiger partial charge in [0.1, 0.15) is 0 Å². The molecule has 1 aliphatic heterocycles. The molecule has 3 heteroatoms. The van der Waals surface area contributed by atoms with E-state index in [1.807, 2.05) is 11.9 Å². The highest BCUT2D eigenvalue weighted by molar-refractivity contribution is 5.56. The van der Waals surface area contributed by atoms with Crippen molar-refractivity contribution in [3.63, 3.8) is 0 Å². The molecule has 0 aromatic rings. The fraction of sp³-hybridized carbons (Fsp3) is 0.833. The molecule has 52 valence electrons. The predicted molar refractivity (Wildman–Crippen MR) is 31.9 cm³/mol. The van der Waals surface area contributed by atoms with Gasteiger partial charge in [-0.15, -0.1) is 0 Å². The van der Waals surface area contributed by atoms with Gasteiger partial charge in [-0.3, -0.25) is 0 Å². The number of aldehydes is 1. The molecule has 1 fully saturated rings. The Morgan fingerprint density at radius 2 is 2.33 bits per heavy atom. The third kappa shape index (κ3) is 1.27. The van der Waals surface area contributed by atoms with Crippen LogP contribution in [0.4, 0.5) is 4.39 Å². The van der Waals surface area contributed by atoms with E-state index in [2.05, 4.69) is 0 Å². The van der Waals surface area contributed by atoms with Crippen LogP contribution in [0.3, 0.4) is 0 Å². The Hall–Kier alpha value is -0.440. The smallest absolute Gasteiger partial charge is 0.160 e. The van der Waals surface area contributed by atoms with Crippen LogP contribution in [0.5, 0.6) is 0 Å². The SMILES string of the molecule is CN1CC(C(F)C=O)C1. The van der Waals surface area contributed by atoms with Crippen LogP contribution < -0.4 is 0 Å². The fourth-order valence-corrected chi connectivity index (χ4v) is 1.06. The Kier molecular flexibility index (Phi) is 1.81. The van der Waals surface area contributed by atoms with Gasteiger partial charge in [0, 0.05) is 19.0 Å². The number of rotatable bonds is 2. The van der Waals surface area contributed by atoms with Crippen molar-refractivity contribution in [2.45, 2.75) is 6.17 Å². The number of carbonyl (C=O) groups is 1. The zero-order chi connectivity index (χ0) is 6.85. The first-order chi connectivity index (χ1) is 4.24. The maximum absolute atomic E-state index is 12.4. The highest BCUT2D eigenvalue weighted by atomic mass is 19.1. The molecule has 0 radical (unpaired) electrons. The lowest BCUT2D eigenvalue weighted by Gasteiger charge is -2.36. The Balaban J connectivity index is 2.23. The molecule has 0 aromatic carbocycles. The second-order valence-electron chi connectivity index (χ2n) is 2.56. The van der Waals surface area contributed by atoms with Crippen LogP contribution in [0, 0.1) is 5.92 Å². The first-order valence-corrected chi connectivity index (χ1v) is 3.02. The largest absolute Gasteiger partial charge is 0.305 e. The van der Waals surface area contributed by atoms with Gasteiger partial charge in [0.15, 0.2) is 12.5 Å². The Labute approximate surface area is 53.6 Å². The highest BCUT2D eigenvalue weighted by Crippen LogP contribution is 2.17. The van der Waals surface area contributed by atoms with E-state index in [-0.39, 0.29) is 5.92 Å². The number of carbonyl (C=O) groups excluding carboxylic acids is 1. The Morgan fingerprint density at radius 3 is 2.67 bits per heavy atom. The minimum absolute atomic E-state index is 0.0347. The van der Waals surface area contributed by atoms with E-state index in [4.69, 9.17) is 0 Å². The van der Waals surface area contributed by atoms with Crippen LogP contribution in [0.25, 0.3) is 0 Å². The van der Waals surface area contributed by atoms with Gasteiger partial charge in [-0.2, -0.15) is 0 Å². The number of halogens is 1. The monoisotopic (exact) mass is 131 g/mol. The fourth-order valence-electron chi connectivity index (χ4n) is 1.06. The average molecular weight is 131 g/mol. The summed E-state index contributed by atoms with van der Waals surface area (Å²) in [6, 6.07) is 0. The molecule has 0 saturated carbocycles. The quantitative estimate of drug-likeness (QED) is 0.495. The predicted octanol–water partition coefficient (Wildman–Crippen LogP) is 0.0850. The van der Waals surface area contributed by atoms with Crippen LogP contribution in [-0.4, -0.2) is 37.5 Å². The number of likely N-dealkylation sites (tertiary alicyclic amines) is 1. The maximum atomic E-state index is 12.4. The molecule has 0 aromatic heterocycles. The third-order valence-corrected chi connectivity index (χ3v) is 1.67. The van der Waals surface area contributed by atoms with Gasteiger partial charge in [0.2, 0.25) is 0 Å². The van der Waals surface area contributed by atoms with E-state index in [1.165, 1.54) is 0 Å². The molecule has 0 amide bonds. The molecule has 1 heterocycles. The first-order valence-electron chi connectivity index (χ1n) is 3.02. The Bertz CT molecular complexity index is 112. The minimum Gasteiger partial charge on any atom is -0.305 e. The molecular weight excluding hydrogens is 121 g/mol. The van der Waals surface area contributed by atoms with E-state index in [0.717, 1.165) is 13.1 Å². The summed E-state index contributed by atoms with van der Waals surface area (Å²) < 4.78 is 12.4. The molecular formula is C6H10FNO. The summed E-state index contributed by atoms with van der Waals surface area (Å²) in [5.41, 5.74) is 0. The number of alkyl halides is 1. The normalized spacial score (nSPS) is 25.1. The van der Waals surface area contributed by atoms with Crippen molar-refractivity contribution in [3.8, 4) is 0 Å². The lowest BCUT2D eigenvalue weighted by Crippen LogP contribution is -2.48. The van der Waals surface area contributed by atoms with E-state index in [0.29, 0.717) is 6.29 Å². The van der Waals surface area contributed by atoms with Crippen molar-refractivity contribution >= 4 is 6.29 Å². The topological polar surface area (TPSA) is 20.3 Å². The molecule has 2 nitrogen and oxygen atoms in total. The van der Waals surface area contributed by atoms with Gasteiger partial charge in [0.25, 0.3) is 0 Å². The van der Waals surface area contributed by atoms with Crippen molar-refractivity contribution in [3.05, 3.63) is 0 Å². The molecule has 1 rings (SSSR count). The first kappa shape index (κ1) is 6.68. The molecule has 1 atom stereocenters. The van der Waals surface area contributed by atoms with Gasteiger partial charge >= 0.3 is 0 Å². The van der Waals surface area contributed by atoms with Crippen LogP contribution in [0.15, 0.2) is 0 Å². The Morgan fingerprint density at radius 1 is 1.78 bits per heavy atom. The van der Waals surface area contributed by atoms with Crippen LogP contribution >= 0.6 is 0 Å². The van der Waals surface area contributed by atoms with Crippen LogP contribution in [-0.2, 0) is 4.79 Å². The molecule has 1 unspecified atom stereocenters. The molecule has 0 N–H and O–H groups in total. The standard InChI is InChI=1S/C6H10FNO/c1-8-2-5(3-8)6(7)4-9/h4-6H,2-3H2,1H3. The van der Waals surface area contributed by atoms with Crippen molar-refractivity contribution in [2.75, 3.05) is 20.1 Å². The molecule has 1 saturated heterocycles. The van der Waals surface area contributed by atoms with Crippen molar-refractivity contribution < 1.29 is 9.18 Å². The van der Waals surface area contributed by atoms with Crippen molar-refractivity contribution in [1.29, 1.82) is 0 Å². The zero-order valence-electron chi connectivity index (χ0n) is 5.38. The molecule has 9 heavy (non-hydrogen) atoms. The summed E-state index contributed by atoms with van der Waals surface area (Å²) in [5.74, 6) is -0.0347. The lowest BCUT2D eigenvalue weighted by molar-refractivity contribution is -0.115. The van der Waals surface area contributed by atoms with E-state index in [1.54, 1.807) is 0 Å². The van der Waals surface area contributed by atoms with Gasteiger partial charge in [-0.25, -0.2) is 4.39 Å². The van der Waals surface area contributed by atoms with Gasteiger partial charge in [0.05, 0.1) is 0 Å². The summed E-state index contributed by atoms with van der Waals surface area (Å²) in [5, 5.41) is 0. The van der Waals surface area contributed by atoms with E-state index >= 15 is 0 Å². The number of hydrogen-bond donors (Lipinski definition) is 0. The number of hydrogen-bond acceptors (Lipinski definition) is 2. The number of nitrogens with zero attached hydrogens (tertiary/aromatic N) is 1. The van der Waals surface area contributed by atoms with Crippen LogP contribution in [0.1, 0.15) is 0 Å². The molecule has 0 bridgehead atoms. The van der Waals surface area contributed by atoms with Gasteiger partial charge < -0.3 is 9.69 Å². The van der Waals surface area contributed by atoms with Crippen LogP contribution in [0.2, 0.25) is 0 Å². The van der Waals surface area contributed by atoms with Gasteiger partial charge in [-0.05, 0) is 7.05 Å². The third-order valence-electron chi connectivity index (χ3n) is 1.67. The maximum Gasteiger partial charge on any atom is 0.160 e. The van der Waals surface area contributed by atoms with E-state index in [9.17, 15) is 9.18 Å². The molecule has 1 aliphatic rings. The summed E-state index contributed by atoms with van der Waals surface area (Å²) in [7, 11) is 1.91. The summed E-state index contributed by atoms with van der Waals surface area (Å²) >= 11 is 0. The highest BCUT2D eigenvalue weighted by Gasteiger charge is 2.30.